The Morgan fingerprint density at radius 2 is 2.33 bits per heavy atom. The summed E-state index contributed by atoms with van der Waals surface area (Å²) in [5.74, 6) is 0.384. The van der Waals surface area contributed by atoms with Gasteiger partial charge in [-0.15, -0.1) is 0 Å². The van der Waals surface area contributed by atoms with Crippen LogP contribution in [-0.2, 0) is 4.79 Å². The maximum absolute atomic E-state index is 11.2. The first-order chi connectivity index (χ1) is 5.55. The molecular formula is C10H14O2. The normalized spacial score (nSPS) is 46.2. The summed E-state index contributed by atoms with van der Waals surface area (Å²) in [6.07, 6.45) is 2.94. The Hall–Kier alpha value is -0.630. The Bertz CT molecular complexity index is 267. The van der Waals surface area contributed by atoms with Crippen molar-refractivity contribution in [1.82, 2.24) is 0 Å². The fourth-order valence-electron chi connectivity index (χ4n) is 2.53. The van der Waals surface area contributed by atoms with Gasteiger partial charge in [0.25, 0.3) is 0 Å². The smallest absolute Gasteiger partial charge is 0.184 e. The summed E-state index contributed by atoms with van der Waals surface area (Å²) in [5, 5.41) is 9.64. The summed E-state index contributed by atoms with van der Waals surface area (Å²) < 4.78 is 0. The molecule has 2 nitrogen and oxygen atoms in total. The number of aliphatic hydroxyl groups is 1. The van der Waals surface area contributed by atoms with Crippen molar-refractivity contribution in [2.45, 2.75) is 32.8 Å². The van der Waals surface area contributed by atoms with Crippen molar-refractivity contribution in [3.8, 4) is 0 Å². The predicted molar refractivity (Wildman–Crippen MR) is 45.6 cm³/mol. The summed E-state index contributed by atoms with van der Waals surface area (Å²) in [5.41, 5.74) is 0.941. The van der Waals surface area contributed by atoms with E-state index in [0.717, 1.165) is 12.8 Å². The summed E-state index contributed by atoms with van der Waals surface area (Å²) in [4.78, 5) is 11.2. The molecule has 0 radical (unpaired) electrons. The van der Waals surface area contributed by atoms with E-state index in [9.17, 15) is 9.90 Å². The molecule has 0 heterocycles. The predicted octanol–water partition coefficient (Wildman–Crippen LogP) is 1.29. The zero-order valence-corrected chi connectivity index (χ0v) is 7.50. The molecule has 2 aliphatic rings. The first-order valence-electron chi connectivity index (χ1n) is 4.49. The Morgan fingerprint density at radius 1 is 1.67 bits per heavy atom. The van der Waals surface area contributed by atoms with Crippen molar-refractivity contribution in [1.29, 1.82) is 0 Å². The van der Waals surface area contributed by atoms with E-state index in [-0.39, 0.29) is 11.2 Å². The van der Waals surface area contributed by atoms with E-state index >= 15 is 0 Å². The van der Waals surface area contributed by atoms with Gasteiger partial charge in [0, 0.05) is 5.41 Å². The topological polar surface area (TPSA) is 37.3 Å². The van der Waals surface area contributed by atoms with Gasteiger partial charge in [-0.25, -0.2) is 0 Å². The first kappa shape index (κ1) is 7.99. The van der Waals surface area contributed by atoms with Crippen LogP contribution in [0.2, 0.25) is 0 Å². The van der Waals surface area contributed by atoms with Crippen LogP contribution in [0.25, 0.3) is 0 Å². The van der Waals surface area contributed by atoms with E-state index in [1.54, 1.807) is 6.08 Å². The van der Waals surface area contributed by atoms with Crippen LogP contribution in [0.4, 0.5) is 0 Å². The molecule has 3 atom stereocenters. The van der Waals surface area contributed by atoms with Gasteiger partial charge in [-0.3, -0.25) is 4.79 Å². The molecule has 0 aliphatic heterocycles. The fraction of sp³-hybridized carbons (Fsp3) is 0.700. The minimum absolute atomic E-state index is 0.0981. The van der Waals surface area contributed by atoms with Crippen LogP contribution < -0.4 is 0 Å². The van der Waals surface area contributed by atoms with Crippen LogP contribution in [0.1, 0.15) is 26.7 Å². The van der Waals surface area contributed by atoms with Crippen LogP contribution in [0.5, 0.6) is 0 Å². The first-order valence-corrected chi connectivity index (χ1v) is 4.49. The van der Waals surface area contributed by atoms with Gasteiger partial charge in [0.2, 0.25) is 0 Å². The van der Waals surface area contributed by atoms with Gasteiger partial charge in [-0.1, -0.05) is 19.4 Å². The molecule has 0 spiro atoms. The highest BCUT2D eigenvalue weighted by molar-refractivity contribution is 5.98. The molecule has 1 fully saturated rings. The lowest BCUT2D eigenvalue weighted by Crippen LogP contribution is -2.31. The monoisotopic (exact) mass is 166 g/mol. The molecule has 0 amide bonds. The lowest BCUT2D eigenvalue weighted by molar-refractivity contribution is -0.125. The molecule has 0 aromatic carbocycles. The van der Waals surface area contributed by atoms with Crippen molar-refractivity contribution < 1.29 is 9.90 Å². The summed E-state index contributed by atoms with van der Waals surface area (Å²) >= 11 is 0. The van der Waals surface area contributed by atoms with Crippen molar-refractivity contribution in [2.75, 3.05) is 0 Å². The van der Waals surface area contributed by atoms with Gasteiger partial charge in [-0.2, -0.15) is 0 Å². The minimum Gasteiger partial charge on any atom is -0.384 e. The third kappa shape index (κ3) is 0.761. The summed E-state index contributed by atoms with van der Waals surface area (Å²) in [7, 11) is 0. The molecule has 12 heavy (non-hydrogen) atoms. The number of carbonyl (C=O) groups is 1. The van der Waals surface area contributed by atoms with Crippen molar-refractivity contribution in [2.24, 2.45) is 11.3 Å². The third-order valence-corrected chi connectivity index (χ3v) is 3.46. The van der Waals surface area contributed by atoms with Gasteiger partial charge in [-0.05, 0) is 24.8 Å². The highest BCUT2D eigenvalue weighted by Crippen LogP contribution is 2.51. The molecule has 0 aromatic heterocycles. The molecule has 0 unspecified atom stereocenters. The number of fused-ring (bicyclic) bond motifs is 1. The van der Waals surface area contributed by atoms with Crippen LogP contribution in [0.15, 0.2) is 11.6 Å². The Labute approximate surface area is 72.3 Å². The highest BCUT2D eigenvalue weighted by atomic mass is 16.3. The number of hydrogen-bond donors (Lipinski definition) is 1. The number of hydrogen-bond acceptors (Lipinski definition) is 2. The molecule has 1 N–H and O–H groups in total. The second kappa shape index (κ2) is 2.19. The number of aliphatic hydroxyl groups excluding tert-OH is 1. The van der Waals surface area contributed by atoms with E-state index in [2.05, 4.69) is 6.92 Å². The molecule has 2 aliphatic carbocycles. The van der Waals surface area contributed by atoms with Gasteiger partial charge in [0.05, 0.1) is 0 Å². The standard InChI is InChI=1S/C10H14O2/c1-6-3-4-10(2)7(6)5-8(11)9(10)12/h5-6,9,12H,3-4H2,1-2H3/t6-,9-,10+/m0/s1. The van der Waals surface area contributed by atoms with Crippen molar-refractivity contribution >= 4 is 5.78 Å². The fourth-order valence-corrected chi connectivity index (χ4v) is 2.53. The Balaban J connectivity index is 2.43. The van der Waals surface area contributed by atoms with E-state index in [0.29, 0.717) is 5.92 Å². The van der Waals surface area contributed by atoms with E-state index in [1.807, 2.05) is 6.92 Å². The molecule has 0 saturated heterocycles. The average molecular weight is 166 g/mol. The zero-order chi connectivity index (χ0) is 8.93. The van der Waals surface area contributed by atoms with Gasteiger partial charge >= 0.3 is 0 Å². The quantitative estimate of drug-likeness (QED) is 0.588. The number of ketones is 1. The molecular weight excluding hydrogens is 152 g/mol. The molecule has 0 bridgehead atoms. The van der Waals surface area contributed by atoms with Crippen LogP contribution >= 0.6 is 0 Å². The van der Waals surface area contributed by atoms with E-state index < -0.39 is 6.10 Å². The average Bonchev–Trinajstić information content (AvgIpc) is 2.42. The van der Waals surface area contributed by atoms with E-state index in [4.69, 9.17) is 0 Å². The van der Waals surface area contributed by atoms with Gasteiger partial charge in [0.15, 0.2) is 5.78 Å². The van der Waals surface area contributed by atoms with E-state index in [1.165, 1.54) is 5.57 Å². The lowest BCUT2D eigenvalue weighted by atomic mass is 9.82. The second-order valence-electron chi connectivity index (χ2n) is 4.26. The largest absolute Gasteiger partial charge is 0.384 e. The minimum atomic E-state index is -0.766. The molecule has 2 heteroatoms. The maximum Gasteiger partial charge on any atom is 0.184 e. The third-order valence-electron chi connectivity index (χ3n) is 3.46. The van der Waals surface area contributed by atoms with Crippen LogP contribution in [0.3, 0.4) is 0 Å². The van der Waals surface area contributed by atoms with Crippen LogP contribution in [-0.4, -0.2) is 17.0 Å². The van der Waals surface area contributed by atoms with Crippen LogP contribution in [0, 0.1) is 11.3 Å². The SMILES string of the molecule is C[C@H]1CC[C@]2(C)C1=CC(=O)[C@@H]2O. The summed E-state index contributed by atoms with van der Waals surface area (Å²) in [6, 6.07) is 0. The molecule has 0 aromatic rings. The second-order valence-corrected chi connectivity index (χ2v) is 4.26. The highest BCUT2D eigenvalue weighted by Gasteiger charge is 2.50. The van der Waals surface area contributed by atoms with Gasteiger partial charge < -0.3 is 5.11 Å². The molecule has 1 saturated carbocycles. The Morgan fingerprint density at radius 3 is 2.92 bits per heavy atom. The Kier molecular flexibility index (Phi) is 1.46. The van der Waals surface area contributed by atoms with Gasteiger partial charge in [0.1, 0.15) is 6.10 Å². The zero-order valence-electron chi connectivity index (χ0n) is 7.50. The molecule has 2 rings (SSSR count). The van der Waals surface area contributed by atoms with Crippen molar-refractivity contribution in [3.63, 3.8) is 0 Å². The summed E-state index contributed by atoms with van der Waals surface area (Å²) in [6.45, 7) is 4.13. The molecule has 66 valence electrons. The number of rotatable bonds is 0. The lowest BCUT2D eigenvalue weighted by Gasteiger charge is -2.24. The maximum atomic E-state index is 11.2. The number of carbonyl (C=O) groups excluding carboxylic acids is 1. The van der Waals surface area contributed by atoms with Crippen molar-refractivity contribution in [3.05, 3.63) is 11.6 Å².